The van der Waals surface area contributed by atoms with Crippen LogP contribution in [0.4, 0.5) is 0 Å². The molecule has 1 aliphatic rings. The summed E-state index contributed by atoms with van der Waals surface area (Å²) >= 11 is 0. The Hall–Kier alpha value is -2.18. The van der Waals surface area contributed by atoms with Crippen LogP contribution in [-0.2, 0) is 11.3 Å². The zero-order valence-electron chi connectivity index (χ0n) is 13.9. The first-order valence-electron chi connectivity index (χ1n) is 8.07. The lowest BCUT2D eigenvalue weighted by atomic mass is 9.91. The highest BCUT2D eigenvalue weighted by molar-refractivity contribution is 5.82. The number of β-amino-alcohol motifs (C(OH)–C–C–N with tert-alkyl or cyclic N) is 1. The predicted octanol–water partition coefficient (Wildman–Crippen LogP) is 0.654. The van der Waals surface area contributed by atoms with Crippen LogP contribution in [0.3, 0.4) is 0 Å². The zero-order valence-corrected chi connectivity index (χ0v) is 13.9. The number of hydrogen-bond donors (Lipinski definition) is 2. The first-order valence-corrected chi connectivity index (χ1v) is 8.07. The predicted molar refractivity (Wildman–Crippen MR) is 90.8 cm³/mol. The van der Waals surface area contributed by atoms with Gasteiger partial charge in [-0.05, 0) is 32.4 Å². The molecule has 1 saturated heterocycles. The van der Waals surface area contributed by atoms with E-state index in [1.54, 1.807) is 30.9 Å². The number of carbonyl (C=O) groups is 1. The van der Waals surface area contributed by atoms with Crippen molar-refractivity contribution in [2.45, 2.75) is 38.5 Å². The number of likely N-dealkylation sites (tertiary alicyclic amines) is 1. The summed E-state index contributed by atoms with van der Waals surface area (Å²) < 4.78 is 1.82. The van der Waals surface area contributed by atoms with Crippen molar-refractivity contribution in [3.63, 3.8) is 0 Å². The zero-order chi connectivity index (χ0) is 17.5. The Labute approximate surface area is 139 Å². The molecule has 0 aliphatic carbocycles. The monoisotopic (exact) mass is 330 g/mol. The number of aryl methyl sites for hydroxylation is 1. The number of para-hydroxylation sites is 1. The van der Waals surface area contributed by atoms with Gasteiger partial charge in [0.25, 0.3) is 0 Å². The van der Waals surface area contributed by atoms with Crippen molar-refractivity contribution >= 4 is 16.8 Å². The van der Waals surface area contributed by atoms with Crippen LogP contribution in [-0.4, -0.2) is 50.4 Å². The van der Waals surface area contributed by atoms with Crippen LogP contribution in [0.25, 0.3) is 10.9 Å². The summed E-state index contributed by atoms with van der Waals surface area (Å²) in [5, 5.41) is 20.6. The molecule has 2 atom stereocenters. The Balaban J connectivity index is 1.88. The molecule has 3 rings (SSSR count). The Kier molecular flexibility index (Phi) is 4.19. The average molecular weight is 330 g/mol. The van der Waals surface area contributed by atoms with Gasteiger partial charge in [-0.2, -0.15) is 0 Å². The molecular weight excluding hydrogens is 308 g/mol. The number of piperidine rings is 1. The second kappa shape index (κ2) is 6.03. The standard InChI is InChI=1S/C18H22N2O4/c1-12-9-15(21)13-5-3-4-6-14(13)20(12)11-17(23)19-8-7-18(2,24)16(22)10-19/h3-6,9,16,22,24H,7-8,10-11H2,1-2H3/t16-,18+/m0/s1. The molecule has 1 aliphatic heterocycles. The summed E-state index contributed by atoms with van der Waals surface area (Å²) in [5.41, 5.74) is 0.227. The van der Waals surface area contributed by atoms with E-state index >= 15 is 0 Å². The minimum Gasteiger partial charge on any atom is -0.388 e. The van der Waals surface area contributed by atoms with E-state index in [0.717, 1.165) is 11.2 Å². The molecule has 24 heavy (non-hydrogen) atoms. The van der Waals surface area contributed by atoms with Crippen LogP contribution in [0, 0.1) is 6.92 Å². The molecule has 0 radical (unpaired) electrons. The fourth-order valence-electron chi connectivity index (χ4n) is 3.15. The van der Waals surface area contributed by atoms with Crippen LogP contribution in [0.1, 0.15) is 19.0 Å². The van der Waals surface area contributed by atoms with Crippen molar-refractivity contribution in [3.05, 3.63) is 46.2 Å². The first-order chi connectivity index (χ1) is 11.3. The topological polar surface area (TPSA) is 82.8 Å². The number of carbonyl (C=O) groups excluding carboxylic acids is 1. The van der Waals surface area contributed by atoms with Gasteiger partial charge in [-0.3, -0.25) is 9.59 Å². The molecule has 0 unspecified atom stereocenters. The van der Waals surface area contributed by atoms with Crippen LogP contribution in [0.2, 0.25) is 0 Å². The maximum Gasteiger partial charge on any atom is 0.242 e. The quantitative estimate of drug-likeness (QED) is 0.847. The van der Waals surface area contributed by atoms with Crippen LogP contribution >= 0.6 is 0 Å². The van der Waals surface area contributed by atoms with E-state index in [4.69, 9.17) is 0 Å². The van der Waals surface area contributed by atoms with Gasteiger partial charge in [0.15, 0.2) is 5.43 Å². The van der Waals surface area contributed by atoms with Gasteiger partial charge in [-0.15, -0.1) is 0 Å². The summed E-state index contributed by atoms with van der Waals surface area (Å²) in [6, 6.07) is 8.75. The van der Waals surface area contributed by atoms with Crippen LogP contribution in [0.5, 0.6) is 0 Å². The molecule has 2 N–H and O–H groups in total. The molecule has 1 aromatic carbocycles. The smallest absolute Gasteiger partial charge is 0.242 e. The minimum atomic E-state index is -1.16. The van der Waals surface area contributed by atoms with Gasteiger partial charge >= 0.3 is 0 Å². The minimum absolute atomic E-state index is 0.0590. The third kappa shape index (κ3) is 2.95. The van der Waals surface area contributed by atoms with Crippen molar-refractivity contribution < 1.29 is 15.0 Å². The molecule has 1 fully saturated rings. The van der Waals surface area contributed by atoms with E-state index in [1.807, 2.05) is 16.7 Å². The number of aromatic nitrogens is 1. The second-order valence-electron chi connectivity index (χ2n) is 6.72. The molecule has 2 aromatic rings. The lowest BCUT2D eigenvalue weighted by Crippen LogP contribution is -2.55. The molecule has 0 saturated carbocycles. The third-order valence-electron chi connectivity index (χ3n) is 4.87. The van der Waals surface area contributed by atoms with Crippen molar-refractivity contribution in [2.24, 2.45) is 0 Å². The lowest BCUT2D eigenvalue weighted by molar-refractivity contribution is -0.146. The second-order valence-corrected chi connectivity index (χ2v) is 6.72. The summed E-state index contributed by atoms with van der Waals surface area (Å²) in [5.74, 6) is -0.138. The summed E-state index contributed by atoms with van der Waals surface area (Å²) in [6.45, 7) is 4.00. The van der Waals surface area contributed by atoms with E-state index in [9.17, 15) is 19.8 Å². The maximum absolute atomic E-state index is 12.6. The molecule has 1 aromatic heterocycles. The summed E-state index contributed by atoms with van der Waals surface area (Å²) in [4.78, 5) is 26.3. The number of pyridine rings is 1. The summed E-state index contributed by atoms with van der Waals surface area (Å²) in [6.07, 6.45) is -0.619. The number of nitrogens with zero attached hydrogens (tertiary/aromatic N) is 2. The number of aliphatic hydroxyl groups excluding tert-OH is 1. The Bertz CT molecular complexity index is 841. The highest BCUT2D eigenvalue weighted by Crippen LogP contribution is 2.22. The van der Waals surface area contributed by atoms with Gasteiger partial charge in [0.2, 0.25) is 5.91 Å². The van der Waals surface area contributed by atoms with Crippen molar-refractivity contribution in [3.8, 4) is 0 Å². The highest BCUT2D eigenvalue weighted by atomic mass is 16.3. The molecule has 6 nitrogen and oxygen atoms in total. The molecule has 2 heterocycles. The summed E-state index contributed by atoms with van der Waals surface area (Å²) in [7, 11) is 0. The van der Waals surface area contributed by atoms with Gasteiger partial charge in [0.1, 0.15) is 6.54 Å². The van der Waals surface area contributed by atoms with E-state index in [1.165, 1.54) is 6.07 Å². The highest BCUT2D eigenvalue weighted by Gasteiger charge is 2.37. The van der Waals surface area contributed by atoms with E-state index < -0.39 is 11.7 Å². The van der Waals surface area contributed by atoms with Crippen LogP contribution < -0.4 is 5.43 Å². The van der Waals surface area contributed by atoms with E-state index in [2.05, 4.69) is 0 Å². The molecule has 128 valence electrons. The average Bonchev–Trinajstić information content (AvgIpc) is 2.54. The third-order valence-corrected chi connectivity index (χ3v) is 4.87. The van der Waals surface area contributed by atoms with Crippen molar-refractivity contribution in [1.29, 1.82) is 0 Å². The van der Waals surface area contributed by atoms with Gasteiger partial charge in [0, 0.05) is 30.2 Å². The fourth-order valence-corrected chi connectivity index (χ4v) is 3.15. The normalized spacial score (nSPS) is 24.3. The number of amides is 1. The van der Waals surface area contributed by atoms with Crippen LogP contribution in [0.15, 0.2) is 35.1 Å². The van der Waals surface area contributed by atoms with Gasteiger partial charge in [-0.1, -0.05) is 12.1 Å². The van der Waals surface area contributed by atoms with Gasteiger partial charge in [-0.25, -0.2) is 0 Å². The van der Waals surface area contributed by atoms with E-state index in [-0.39, 0.29) is 24.4 Å². The number of aliphatic hydroxyl groups is 2. The number of hydrogen-bond acceptors (Lipinski definition) is 4. The Morgan fingerprint density at radius 3 is 2.79 bits per heavy atom. The van der Waals surface area contributed by atoms with Crippen molar-refractivity contribution in [2.75, 3.05) is 13.1 Å². The SMILES string of the molecule is Cc1cc(=O)c2ccccc2n1CC(=O)N1CC[C@@](C)(O)[C@@H](O)C1. The largest absolute Gasteiger partial charge is 0.388 e. The fraction of sp³-hybridized carbons (Fsp3) is 0.444. The number of fused-ring (bicyclic) bond motifs is 1. The molecule has 6 heteroatoms. The first kappa shape index (κ1) is 16.7. The van der Waals surface area contributed by atoms with Crippen molar-refractivity contribution in [1.82, 2.24) is 9.47 Å². The Morgan fingerprint density at radius 2 is 2.08 bits per heavy atom. The number of benzene rings is 1. The lowest BCUT2D eigenvalue weighted by Gasteiger charge is -2.40. The molecule has 0 spiro atoms. The molecule has 1 amide bonds. The Morgan fingerprint density at radius 1 is 1.38 bits per heavy atom. The molecular formula is C18H22N2O4. The maximum atomic E-state index is 12.6. The number of rotatable bonds is 2. The van der Waals surface area contributed by atoms with Gasteiger partial charge in [0.05, 0.1) is 17.2 Å². The molecule has 0 bridgehead atoms. The van der Waals surface area contributed by atoms with E-state index in [0.29, 0.717) is 18.4 Å². The van der Waals surface area contributed by atoms with Gasteiger partial charge < -0.3 is 19.7 Å².